The van der Waals surface area contributed by atoms with Crippen LogP contribution in [0.5, 0.6) is 0 Å². The molecule has 3 rings (SSSR count). The first kappa shape index (κ1) is 11.8. The van der Waals surface area contributed by atoms with Gasteiger partial charge in [-0.25, -0.2) is 4.98 Å². The molecule has 0 aliphatic heterocycles. The van der Waals surface area contributed by atoms with E-state index in [1.807, 2.05) is 24.4 Å². The van der Waals surface area contributed by atoms with Crippen molar-refractivity contribution < 1.29 is 5.11 Å². The summed E-state index contributed by atoms with van der Waals surface area (Å²) in [5, 5.41) is 14.5. The molecule has 18 heavy (non-hydrogen) atoms. The number of thiophene rings is 1. The van der Waals surface area contributed by atoms with Crippen molar-refractivity contribution in [1.29, 1.82) is 0 Å². The van der Waals surface area contributed by atoms with Crippen LogP contribution in [0.2, 0.25) is 0 Å². The van der Waals surface area contributed by atoms with Gasteiger partial charge in [0.2, 0.25) is 0 Å². The monoisotopic (exact) mass is 275 g/mol. The van der Waals surface area contributed by atoms with E-state index in [0.29, 0.717) is 6.42 Å². The van der Waals surface area contributed by atoms with Crippen LogP contribution in [0.4, 0.5) is 0 Å². The van der Waals surface area contributed by atoms with Crippen LogP contribution in [-0.2, 0) is 6.42 Å². The Morgan fingerprint density at radius 2 is 2.17 bits per heavy atom. The zero-order valence-corrected chi connectivity index (χ0v) is 11.6. The highest BCUT2D eigenvalue weighted by atomic mass is 32.1. The smallest absolute Gasteiger partial charge is 0.0937 e. The molecule has 1 aromatic carbocycles. The molecule has 92 valence electrons. The van der Waals surface area contributed by atoms with Gasteiger partial charge in [-0.05, 0) is 24.4 Å². The largest absolute Gasteiger partial charge is 0.387 e. The minimum Gasteiger partial charge on any atom is -0.387 e. The molecule has 0 saturated carbocycles. The summed E-state index contributed by atoms with van der Waals surface area (Å²) in [6, 6.07) is 10.3. The predicted octanol–water partition coefficient (Wildman–Crippen LogP) is 3.94. The van der Waals surface area contributed by atoms with Gasteiger partial charge < -0.3 is 5.11 Å². The van der Waals surface area contributed by atoms with E-state index in [9.17, 15) is 5.11 Å². The van der Waals surface area contributed by atoms with Crippen molar-refractivity contribution in [2.45, 2.75) is 19.4 Å². The van der Waals surface area contributed by atoms with Gasteiger partial charge in [0.15, 0.2) is 0 Å². The molecule has 0 aliphatic rings. The summed E-state index contributed by atoms with van der Waals surface area (Å²) in [6.07, 6.45) is 0.140. The standard InChI is InChI=1S/C14H13NOS2/c1-9-15-11(8-17-9)7-12(16)14-6-10-4-2-3-5-13(10)18-14/h2-6,8,12,16H,7H2,1H3. The van der Waals surface area contributed by atoms with E-state index < -0.39 is 6.10 Å². The second-order valence-electron chi connectivity index (χ2n) is 4.26. The van der Waals surface area contributed by atoms with Crippen molar-refractivity contribution in [1.82, 2.24) is 4.98 Å². The first-order valence-electron chi connectivity index (χ1n) is 5.80. The van der Waals surface area contributed by atoms with Crippen LogP contribution in [0.15, 0.2) is 35.7 Å². The van der Waals surface area contributed by atoms with Crippen LogP contribution >= 0.6 is 22.7 Å². The summed E-state index contributed by atoms with van der Waals surface area (Å²) in [7, 11) is 0. The summed E-state index contributed by atoms with van der Waals surface area (Å²) in [5.74, 6) is 0. The van der Waals surface area contributed by atoms with Gasteiger partial charge in [0.25, 0.3) is 0 Å². The SMILES string of the molecule is Cc1nc(CC(O)c2cc3ccccc3s2)cs1. The van der Waals surface area contributed by atoms with E-state index in [2.05, 4.69) is 23.2 Å². The highest BCUT2D eigenvalue weighted by Crippen LogP contribution is 2.31. The lowest BCUT2D eigenvalue weighted by atomic mass is 10.1. The maximum absolute atomic E-state index is 10.3. The third kappa shape index (κ3) is 2.32. The van der Waals surface area contributed by atoms with E-state index in [0.717, 1.165) is 15.6 Å². The van der Waals surface area contributed by atoms with Crippen molar-refractivity contribution in [3.8, 4) is 0 Å². The second-order valence-corrected chi connectivity index (χ2v) is 6.44. The lowest BCUT2D eigenvalue weighted by Gasteiger charge is -2.05. The molecule has 1 N–H and O–H groups in total. The van der Waals surface area contributed by atoms with E-state index in [1.165, 1.54) is 10.1 Å². The van der Waals surface area contributed by atoms with Gasteiger partial charge >= 0.3 is 0 Å². The average Bonchev–Trinajstić information content (AvgIpc) is 2.95. The molecule has 0 bridgehead atoms. The molecular formula is C14H13NOS2. The molecule has 0 spiro atoms. The third-order valence-electron chi connectivity index (χ3n) is 2.84. The van der Waals surface area contributed by atoms with E-state index in [-0.39, 0.29) is 0 Å². The van der Waals surface area contributed by atoms with E-state index in [4.69, 9.17) is 0 Å². The van der Waals surface area contributed by atoms with E-state index in [1.54, 1.807) is 22.7 Å². The van der Waals surface area contributed by atoms with Crippen molar-refractivity contribution in [2.75, 3.05) is 0 Å². The summed E-state index contributed by atoms with van der Waals surface area (Å²) in [5.41, 5.74) is 0.974. The Hall–Kier alpha value is -1.23. The highest BCUT2D eigenvalue weighted by Gasteiger charge is 2.13. The number of hydrogen-bond donors (Lipinski definition) is 1. The molecule has 2 aromatic heterocycles. The lowest BCUT2D eigenvalue weighted by molar-refractivity contribution is 0.181. The van der Waals surface area contributed by atoms with Crippen LogP contribution in [-0.4, -0.2) is 10.1 Å². The van der Waals surface area contributed by atoms with Crippen molar-refractivity contribution in [2.24, 2.45) is 0 Å². The Balaban J connectivity index is 1.85. The lowest BCUT2D eigenvalue weighted by Crippen LogP contribution is -1.99. The number of aromatic nitrogens is 1. The molecule has 0 saturated heterocycles. The number of aliphatic hydroxyl groups excluding tert-OH is 1. The Kier molecular flexibility index (Phi) is 3.16. The maximum Gasteiger partial charge on any atom is 0.0937 e. The van der Waals surface area contributed by atoms with Gasteiger partial charge in [-0.1, -0.05) is 18.2 Å². The normalized spacial score (nSPS) is 13.0. The fourth-order valence-corrected chi connectivity index (χ4v) is 3.64. The minimum absolute atomic E-state index is 0.455. The predicted molar refractivity (Wildman–Crippen MR) is 77.3 cm³/mol. The number of rotatable bonds is 3. The van der Waals surface area contributed by atoms with Gasteiger partial charge in [0, 0.05) is 21.4 Å². The first-order valence-corrected chi connectivity index (χ1v) is 7.49. The van der Waals surface area contributed by atoms with E-state index >= 15 is 0 Å². The maximum atomic E-state index is 10.3. The number of thiazole rings is 1. The zero-order valence-electron chi connectivity index (χ0n) is 9.96. The Bertz CT molecular complexity index is 638. The quantitative estimate of drug-likeness (QED) is 0.785. The number of nitrogens with zero attached hydrogens (tertiary/aromatic N) is 1. The van der Waals surface area contributed by atoms with Crippen LogP contribution in [0, 0.1) is 6.92 Å². The molecule has 0 radical (unpaired) electrons. The second kappa shape index (κ2) is 4.80. The highest BCUT2D eigenvalue weighted by molar-refractivity contribution is 7.19. The van der Waals surface area contributed by atoms with Gasteiger partial charge in [0.1, 0.15) is 0 Å². The third-order valence-corrected chi connectivity index (χ3v) is 4.88. The van der Waals surface area contributed by atoms with Crippen LogP contribution in [0.1, 0.15) is 21.7 Å². The molecular weight excluding hydrogens is 262 g/mol. The average molecular weight is 275 g/mol. The van der Waals surface area contributed by atoms with Gasteiger partial charge in [0.05, 0.1) is 16.8 Å². The van der Waals surface area contributed by atoms with Crippen molar-refractivity contribution in [3.05, 3.63) is 51.3 Å². The topological polar surface area (TPSA) is 33.1 Å². The summed E-state index contributed by atoms with van der Waals surface area (Å²) >= 11 is 3.28. The molecule has 0 amide bonds. The summed E-state index contributed by atoms with van der Waals surface area (Å²) < 4.78 is 1.22. The first-order chi connectivity index (χ1) is 8.72. The van der Waals surface area contributed by atoms with Gasteiger partial charge in [-0.2, -0.15) is 0 Å². The number of hydrogen-bond acceptors (Lipinski definition) is 4. The zero-order chi connectivity index (χ0) is 12.5. The molecule has 2 nitrogen and oxygen atoms in total. The van der Waals surface area contributed by atoms with Gasteiger partial charge in [-0.15, -0.1) is 22.7 Å². The number of benzene rings is 1. The van der Waals surface area contributed by atoms with Crippen molar-refractivity contribution in [3.63, 3.8) is 0 Å². The van der Waals surface area contributed by atoms with Crippen molar-refractivity contribution >= 4 is 32.8 Å². The molecule has 2 heterocycles. The van der Waals surface area contributed by atoms with Crippen LogP contribution in [0.25, 0.3) is 10.1 Å². The fraction of sp³-hybridized carbons (Fsp3) is 0.214. The Morgan fingerprint density at radius 3 is 2.89 bits per heavy atom. The summed E-state index contributed by atoms with van der Waals surface area (Å²) in [4.78, 5) is 5.41. The van der Waals surface area contributed by atoms with Crippen LogP contribution in [0.3, 0.4) is 0 Å². The fourth-order valence-electron chi connectivity index (χ4n) is 1.97. The number of aryl methyl sites for hydroxylation is 1. The molecule has 1 unspecified atom stereocenters. The summed E-state index contributed by atoms with van der Waals surface area (Å²) in [6.45, 7) is 1.99. The molecule has 4 heteroatoms. The Labute approximate surface area is 114 Å². The number of aliphatic hydroxyl groups is 1. The van der Waals surface area contributed by atoms with Gasteiger partial charge in [-0.3, -0.25) is 0 Å². The molecule has 0 aliphatic carbocycles. The molecule has 1 atom stereocenters. The molecule has 3 aromatic rings. The van der Waals surface area contributed by atoms with Crippen LogP contribution < -0.4 is 0 Å². The molecule has 0 fully saturated rings. The number of fused-ring (bicyclic) bond motifs is 1. The Morgan fingerprint density at radius 1 is 1.33 bits per heavy atom. The minimum atomic E-state index is -0.455.